The second kappa shape index (κ2) is 6.37. The van der Waals surface area contributed by atoms with Gasteiger partial charge < -0.3 is 15.7 Å². The van der Waals surface area contributed by atoms with Crippen molar-refractivity contribution in [2.24, 2.45) is 0 Å². The average Bonchev–Trinajstić information content (AvgIpc) is 2.01. The van der Waals surface area contributed by atoms with Crippen LogP contribution >= 0.6 is 0 Å². The van der Waals surface area contributed by atoms with E-state index < -0.39 is 12.0 Å². The number of aliphatic hydroxyl groups excluding tert-OH is 1. The molecule has 0 aliphatic rings. The second-order valence-electron chi connectivity index (χ2n) is 3.45. The van der Waals surface area contributed by atoms with Crippen molar-refractivity contribution in [3.63, 3.8) is 0 Å². The summed E-state index contributed by atoms with van der Waals surface area (Å²) in [6.07, 6.45) is -0.817. The van der Waals surface area contributed by atoms with E-state index in [0.29, 0.717) is 6.54 Å². The summed E-state index contributed by atoms with van der Waals surface area (Å²) in [5.74, 6) is -0.563. The monoisotopic (exact) mass is 202 g/mol. The van der Waals surface area contributed by atoms with Crippen LogP contribution in [0.15, 0.2) is 0 Å². The lowest BCUT2D eigenvalue weighted by molar-refractivity contribution is -0.130. The summed E-state index contributed by atoms with van der Waals surface area (Å²) in [4.78, 5) is 21.6. The first kappa shape index (κ1) is 12.9. The Hall–Kier alpha value is -1.10. The van der Waals surface area contributed by atoms with Crippen LogP contribution < -0.4 is 10.6 Å². The third-order valence-corrected chi connectivity index (χ3v) is 1.53. The van der Waals surface area contributed by atoms with Crippen LogP contribution in [0.4, 0.5) is 0 Å². The van der Waals surface area contributed by atoms with Gasteiger partial charge in [0.05, 0.1) is 0 Å². The fraction of sp³-hybridized carbons (Fsp3) is 0.778. The van der Waals surface area contributed by atoms with Gasteiger partial charge in [0.1, 0.15) is 6.10 Å². The van der Waals surface area contributed by atoms with Crippen LogP contribution in [0.5, 0.6) is 0 Å². The molecule has 5 nitrogen and oxygen atoms in total. The van der Waals surface area contributed by atoms with Gasteiger partial charge in [-0.15, -0.1) is 0 Å². The molecule has 0 spiro atoms. The zero-order valence-corrected chi connectivity index (χ0v) is 8.83. The lowest BCUT2D eigenvalue weighted by Crippen LogP contribution is -2.40. The molecule has 0 rings (SSSR count). The largest absolute Gasteiger partial charge is 0.383 e. The lowest BCUT2D eigenvalue weighted by atomic mass is 10.2. The highest BCUT2D eigenvalue weighted by molar-refractivity contribution is 5.80. The van der Waals surface area contributed by atoms with Gasteiger partial charge in [-0.05, 0) is 20.3 Å². The van der Waals surface area contributed by atoms with Crippen LogP contribution in [0.25, 0.3) is 0 Å². The van der Waals surface area contributed by atoms with Crippen molar-refractivity contribution >= 4 is 11.8 Å². The number of hydrogen-bond acceptors (Lipinski definition) is 3. The van der Waals surface area contributed by atoms with Crippen molar-refractivity contribution in [3.05, 3.63) is 0 Å². The predicted molar refractivity (Wildman–Crippen MR) is 52.6 cm³/mol. The zero-order chi connectivity index (χ0) is 11.1. The highest BCUT2D eigenvalue weighted by Crippen LogP contribution is 1.91. The third kappa shape index (κ3) is 6.42. The predicted octanol–water partition coefficient (Wildman–Crippen LogP) is -0.602. The number of carbonyl (C=O) groups excluding carboxylic acids is 2. The fourth-order valence-corrected chi connectivity index (χ4v) is 0.897. The first-order valence-electron chi connectivity index (χ1n) is 4.66. The second-order valence-corrected chi connectivity index (χ2v) is 3.45. The Kier molecular flexibility index (Phi) is 5.87. The first-order valence-corrected chi connectivity index (χ1v) is 4.66. The molecular weight excluding hydrogens is 184 g/mol. The van der Waals surface area contributed by atoms with Gasteiger partial charge in [0.2, 0.25) is 11.8 Å². The Morgan fingerprint density at radius 3 is 2.36 bits per heavy atom. The lowest BCUT2D eigenvalue weighted by Gasteiger charge is -2.13. The Labute approximate surface area is 83.9 Å². The van der Waals surface area contributed by atoms with E-state index in [1.165, 1.54) is 6.92 Å². The smallest absolute Gasteiger partial charge is 0.249 e. The topological polar surface area (TPSA) is 78.4 Å². The molecule has 0 bridgehead atoms. The summed E-state index contributed by atoms with van der Waals surface area (Å²) in [6, 6.07) is 0.0120. The van der Waals surface area contributed by atoms with Gasteiger partial charge >= 0.3 is 0 Å². The maximum Gasteiger partial charge on any atom is 0.249 e. The van der Waals surface area contributed by atoms with Crippen LogP contribution in [0.3, 0.4) is 0 Å². The molecular formula is C9H18N2O3. The Morgan fingerprint density at radius 1 is 1.36 bits per heavy atom. The minimum atomic E-state index is -1.05. The highest BCUT2D eigenvalue weighted by atomic mass is 16.3. The maximum atomic E-state index is 11.2. The molecule has 0 heterocycles. The zero-order valence-electron chi connectivity index (χ0n) is 8.83. The fourth-order valence-electron chi connectivity index (χ4n) is 0.897. The Bertz CT molecular complexity index is 204. The summed E-state index contributed by atoms with van der Waals surface area (Å²) in [5.41, 5.74) is 0. The molecule has 0 saturated heterocycles. The van der Waals surface area contributed by atoms with E-state index in [2.05, 4.69) is 10.6 Å². The van der Waals surface area contributed by atoms with Gasteiger partial charge in [-0.25, -0.2) is 0 Å². The van der Waals surface area contributed by atoms with Crippen LogP contribution in [0, 0.1) is 0 Å². The summed E-state index contributed by atoms with van der Waals surface area (Å²) >= 11 is 0. The van der Waals surface area contributed by atoms with Crippen molar-refractivity contribution in [3.8, 4) is 0 Å². The molecule has 0 aromatic carbocycles. The Morgan fingerprint density at radius 2 is 1.93 bits per heavy atom. The molecule has 0 aliphatic heterocycles. The van der Waals surface area contributed by atoms with Gasteiger partial charge in [-0.3, -0.25) is 9.59 Å². The minimum absolute atomic E-state index is 0.0120. The molecule has 0 radical (unpaired) electrons. The van der Waals surface area contributed by atoms with Crippen molar-refractivity contribution < 1.29 is 14.7 Å². The number of nitrogens with one attached hydrogen (secondary N) is 2. The SMILES string of the molecule is CC(=O)NCC[C@@H](O)C(=O)NC(C)C. The van der Waals surface area contributed by atoms with Gasteiger partial charge in [-0.1, -0.05) is 0 Å². The van der Waals surface area contributed by atoms with Crippen LogP contribution in [0.2, 0.25) is 0 Å². The van der Waals surface area contributed by atoms with Crippen molar-refractivity contribution in [2.75, 3.05) is 6.54 Å². The number of carbonyl (C=O) groups is 2. The summed E-state index contributed by atoms with van der Waals surface area (Å²) in [7, 11) is 0. The van der Waals surface area contributed by atoms with Gasteiger partial charge in [0, 0.05) is 19.5 Å². The molecule has 0 aliphatic carbocycles. The van der Waals surface area contributed by atoms with Gasteiger partial charge in [0.25, 0.3) is 0 Å². The summed E-state index contributed by atoms with van der Waals surface area (Å²) in [6.45, 7) is 5.33. The molecule has 5 heteroatoms. The Balaban J connectivity index is 3.67. The van der Waals surface area contributed by atoms with Crippen LogP contribution in [-0.2, 0) is 9.59 Å². The van der Waals surface area contributed by atoms with E-state index in [1.807, 2.05) is 13.8 Å². The molecule has 3 N–H and O–H groups in total. The number of amides is 2. The van der Waals surface area contributed by atoms with E-state index in [1.54, 1.807) is 0 Å². The number of rotatable bonds is 5. The number of aliphatic hydroxyl groups is 1. The summed E-state index contributed by atoms with van der Waals surface area (Å²) in [5, 5.41) is 14.4. The summed E-state index contributed by atoms with van der Waals surface area (Å²) < 4.78 is 0. The highest BCUT2D eigenvalue weighted by Gasteiger charge is 2.14. The van der Waals surface area contributed by atoms with Crippen LogP contribution in [0.1, 0.15) is 27.2 Å². The van der Waals surface area contributed by atoms with Crippen molar-refractivity contribution in [1.82, 2.24) is 10.6 Å². The standard InChI is InChI=1S/C9H18N2O3/c1-6(2)11-9(14)8(13)4-5-10-7(3)12/h6,8,13H,4-5H2,1-3H3,(H,10,12)(H,11,14)/t8-/m1/s1. The first-order chi connectivity index (χ1) is 6.43. The van der Waals surface area contributed by atoms with Gasteiger partial charge in [-0.2, -0.15) is 0 Å². The third-order valence-electron chi connectivity index (χ3n) is 1.53. The van der Waals surface area contributed by atoms with E-state index in [4.69, 9.17) is 0 Å². The maximum absolute atomic E-state index is 11.2. The molecule has 0 fully saturated rings. The molecule has 1 atom stereocenters. The van der Waals surface area contributed by atoms with E-state index in [9.17, 15) is 14.7 Å². The van der Waals surface area contributed by atoms with E-state index >= 15 is 0 Å². The molecule has 0 aromatic rings. The number of hydrogen-bond donors (Lipinski definition) is 3. The average molecular weight is 202 g/mol. The normalized spacial score (nSPS) is 12.4. The molecule has 2 amide bonds. The minimum Gasteiger partial charge on any atom is -0.383 e. The quantitative estimate of drug-likeness (QED) is 0.557. The van der Waals surface area contributed by atoms with E-state index in [0.717, 1.165) is 0 Å². The van der Waals surface area contributed by atoms with Gasteiger partial charge in [0.15, 0.2) is 0 Å². The van der Waals surface area contributed by atoms with Crippen molar-refractivity contribution in [1.29, 1.82) is 0 Å². The molecule has 0 unspecified atom stereocenters. The van der Waals surface area contributed by atoms with Crippen LogP contribution in [-0.4, -0.2) is 35.6 Å². The molecule has 0 saturated carbocycles. The molecule has 82 valence electrons. The van der Waals surface area contributed by atoms with E-state index in [-0.39, 0.29) is 18.4 Å². The molecule has 14 heavy (non-hydrogen) atoms. The molecule has 0 aromatic heterocycles. The van der Waals surface area contributed by atoms with Crippen molar-refractivity contribution in [2.45, 2.75) is 39.3 Å².